The fraction of sp³-hybridized carbons (Fsp3) is 0.375. The van der Waals surface area contributed by atoms with Gasteiger partial charge in [-0.15, -0.1) is 0 Å². The van der Waals surface area contributed by atoms with Crippen LogP contribution in [0, 0.1) is 0 Å². The number of urea groups is 1. The summed E-state index contributed by atoms with van der Waals surface area (Å²) in [5.41, 5.74) is 1.80. The van der Waals surface area contributed by atoms with Gasteiger partial charge in [0.2, 0.25) is 0 Å². The highest BCUT2D eigenvalue weighted by Gasteiger charge is 2.12. The number of nitrogens with one attached hydrogen (secondary N) is 1. The van der Waals surface area contributed by atoms with Crippen molar-refractivity contribution in [2.75, 3.05) is 25.0 Å². The van der Waals surface area contributed by atoms with Gasteiger partial charge in [0.25, 0.3) is 0 Å². The number of benzene rings is 1. The van der Waals surface area contributed by atoms with Gasteiger partial charge in [-0.3, -0.25) is 4.68 Å². The Bertz CT molecular complexity index is 578. The largest absolute Gasteiger partial charge is 0.395 e. The standard InChI is InChI=1S/C16H22N4O2/c1-2-8-19(10-11-21)16(22)18-15-6-3-5-14(12-15)13-20-9-4-7-17-20/h3-7,9,12,21H,2,8,10-11,13H2,1H3,(H,18,22). The smallest absolute Gasteiger partial charge is 0.321 e. The Morgan fingerprint density at radius 3 is 2.91 bits per heavy atom. The molecular weight excluding hydrogens is 280 g/mol. The molecule has 118 valence electrons. The molecule has 0 spiro atoms. The van der Waals surface area contributed by atoms with Gasteiger partial charge >= 0.3 is 6.03 Å². The molecule has 1 aromatic heterocycles. The Hall–Kier alpha value is -2.34. The van der Waals surface area contributed by atoms with E-state index in [-0.39, 0.29) is 12.6 Å². The number of aliphatic hydroxyl groups excluding tert-OH is 1. The molecule has 0 aliphatic carbocycles. The molecule has 0 aliphatic rings. The van der Waals surface area contributed by atoms with Gasteiger partial charge in [0.15, 0.2) is 0 Å². The van der Waals surface area contributed by atoms with Crippen LogP contribution in [0.25, 0.3) is 0 Å². The molecule has 0 aliphatic heterocycles. The molecule has 0 bridgehead atoms. The predicted octanol–water partition coefficient (Wildman–Crippen LogP) is 2.17. The Kier molecular flexibility index (Phi) is 5.97. The molecule has 2 amide bonds. The van der Waals surface area contributed by atoms with Crippen LogP contribution in [-0.2, 0) is 6.54 Å². The zero-order chi connectivity index (χ0) is 15.8. The molecule has 0 fully saturated rings. The number of anilines is 1. The molecule has 2 N–H and O–H groups in total. The first-order valence-corrected chi connectivity index (χ1v) is 7.46. The molecule has 1 aromatic carbocycles. The van der Waals surface area contributed by atoms with Crippen LogP contribution in [0.1, 0.15) is 18.9 Å². The van der Waals surface area contributed by atoms with E-state index in [4.69, 9.17) is 5.11 Å². The normalized spacial score (nSPS) is 10.5. The van der Waals surface area contributed by atoms with Gasteiger partial charge in [0.1, 0.15) is 0 Å². The summed E-state index contributed by atoms with van der Waals surface area (Å²) < 4.78 is 1.83. The third-order valence-corrected chi connectivity index (χ3v) is 3.23. The van der Waals surface area contributed by atoms with Crippen LogP contribution < -0.4 is 5.32 Å². The first-order valence-electron chi connectivity index (χ1n) is 7.46. The zero-order valence-electron chi connectivity index (χ0n) is 12.8. The average molecular weight is 302 g/mol. The van der Waals surface area contributed by atoms with Gasteiger partial charge in [0, 0.05) is 31.2 Å². The third kappa shape index (κ3) is 4.60. The van der Waals surface area contributed by atoms with Crippen LogP contribution in [0.3, 0.4) is 0 Å². The van der Waals surface area contributed by atoms with E-state index in [2.05, 4.69) is 10.4 Å². The van der Waals surface area contributed by atoms with E-state index < -0.39 is 0 Å². The van der Waals surface area contributed by atoms with Crippen LogP contribution in [0.4, 0.5) is 10.5 Å². The molecule has 0 atom stereocenters. The maximum atomic E-state index is 12.2. The van der Waals surface area contributed by atoms with E-state index in [0.717, 1.165) is 17.7 Å². The molecule has 0 unspecified atom stereocenters. The number of amides is 2. The highest BCUT2D eigenvalue weighted by atomic mass is 16.3. The number of aliphatic hydroxyl groups is 1. The number of aromatic nitrogens is 2. The summed E-state index contributed by atoms with van der Waals surface area (Å²) in [4.78, 5) is 13.8. The van der Waals surface area contributed by atoms with Gasteiger partial charge in [-0.1, -0.05) is 19.1 Å². The summed E-state index contributed by atoms with van der Waals surface area (Å²) in [5.74, 6) is 0. The first kappa shape index (κ1) is 16.0. The van der Waals surface area contributed by atoms with E-state index in [9.17, 15) is 4.79 Å². The first-order chi connectivity index (χ1) is 10.7. The quantitative estimate of drug-likeness (QED) is 0.823. The second-order valence-corrected chi connectivity index (χ2v) is 5.04. The maximum absolute atomic E-state index is 12.2. The van der Waals surface area contributed by atoms with Gasteiger partial charge in [0.05, 0.1) is 13.2 Å². The lowest BCUT2D eigenvalue weighted by atomic mass is 10.2. The predicted molar refractivity (Wildman–Crippen MR) is 85.7 cm³/mol. The number of nitrogens with zero attached hydrogens (tertiary/aromatic N) is 3. The van der Waals surface area contributed by atoms with Crippen molar-refractivity contribution < 1.29 is 9.90 Å². The molecule has 0 saturated carbocycles. The lowest BCUT2D eigenvalue weighted by Gasteiger charge is -2.21. The van der Waals surface area contributed by atoms with Crippen molar-refractivity contribution in [3.8, 4) is 0 Å². The molecule has 6 nitrogen and oxygen atoms in total. The summed E-state index contributed by atoms with van der Waals surface area (Å²) >= 11 is 0. The van der Waals surface area contributed by atoms with Crippen LogP contribution >= 0.6 is 0 Å². The second kappa shape index (κ2) is 8.19. The molecular formula is C16H22N4O2. The molecule has 0 saturated heterocycles. The van der Waals surface area contributed by atoms with Gasteiger partial charge in [-0.2, -0.15) is 5.10 Å². The molecule has 22 heavy (non-hydrogen) atoms. The molecule has 2 rings (SSSR count). The zero-order valence-corrected chi connectivity index (χ0v) is 12.8. The van der Waals surface area contributed by atoms with Crippen LogP contribution in [-0.4, -0.2) is 45.5 Å². The Morgan fingerprint density at radius 1 is 1.36 bits per heavy atom. The average Bonchev–Trinajstić information content (AvgIpc) is 3.00. The topological polar surface area (TPSA) is 70.4 Å². The maximum Gasteiger partial charge on any atom is 0.321 e. The second-order valence-electron chi connectivity index (χ2n) is 5.04. The van der Waals surface area contributed by atoms with Crippen molar-refractivity contribution in [1.82, 2.24) is 14.7 Å². The molecule has 1 heterocycles. The van der Waals surface area contributed by atoms with E-state index in [0.29, 0.717) is 19.6 Å². The fourth-order valence-corrected chi connectivity index (χ4v) is 2.24. The van der Waals surface area contributed by atoms with Crippen LogP contribution in [0.5, 0.6) is 0 Å². The Balaban J connectivity index is 2.01. The minimum Gasteiger partial charge on any atom is -0.395 e. The highest BCUT2D eigenvalue weighted by Crippen LogP contribution is 2.12. The van der Waals surface area contributed by atoms with Crippen molar-refractivity contribution in [3.63, 3.8) is 0 Å². The van der Waals surface area contributed by atoms with Crippen molar-refractivity contribution in [2.45, 2.75) is 19.9 Å². The Morgan fingerprint density at radius 2 is 2.23 bits per heavy atom. The minimum atomic E-state index is -0.188. The monoisotopic (exact) mass is 302 g/mol. The SMILES string of the molecule is CCCN(CCO)C(=O)Nc1cccc(Cn2cccn2)c1. The number of carbonyl (C=O) groups excluding carboxylic acids is 1. The van der Waals surface area contributed by atoms with Gasteiger partial charge in [-0.05, 0) is 30.2 Å². The van der Waals surface area contributed by atoms with Crippen LogP contribution in [0.15, 0.2) is 42.7 Å². The number of rotatable bonds is 7. The third-order valence-electron chi connectivity index (χ3n) is 3.23. The Labute approximate surface area is 130 Å². The molecule has 2 aromatic rings. The lowest BCUT2D eigenvalue weighted by Crippen LogP contribution is -2.37. The highest BCUT2D eigenvalue weighted by molar-refractivity contribution is 5.89. The van der Waals surface area contributed by atoms with Crippen molar-refractivity contribution >= 4 is 11.7 Å². The molecule has 6 heteroatoms. The van der Waals surface area contributed by atoms with E-state index >= 15 is 0 Å². The fourth-order valence-electron chi connectivity index (χ4n) is 2.24. The minimum absolute atomic E-state index is 0.0350. The van der Waals surface area contributed by atoms with Crippen LogP contribution in [0.2, 0.25) is 0 Å². The lowest BCUT2D eigenvalue weighted by molar-refractivity contribution is 0.188. The summed E-state index contributed by atoms with van der Waals surface area (Å²) in [6.07, 6.45) is 4.49. The molecule has 0 radical (unpaired) electrons. The van der Waals surface area contributed by atoms with Crippen molar-refractivity contribution in [1.29, 1.82) is 0 Å². The summed E-state index contributed by atoms with van der Waals surface area (Å²) in [6, 6.07) is 9.38. The number of carbonyl (C=O) groups is 1. The summed E-state index contributed by atoms with van der Waals surface area (Å²) in [6.45, 7) is 3.59. The summed E-state index contributed by atoms with van der Waals surface area (Å²) in [7, 11) is 0. The van der Waals surface area contributed by atoms with E-state index in [1.165, 1.54) is 0 Å². The van der Waals surface area contributed by atoms with Gasteiger partial charge < -0.3 is 15.3 Å². The number of hydrogen-bond acceptors (Lipinski definition) is 3. The van der Waals surface area contributed by atoms with Crippen molar-refractivity contribution in [3.05, 3.63) is 48.3 Å². The summed E-state index contributed by atoms with van der Waals surface area (Å²) in [5, 5.41) is 16.1. The van der Waals surface area contributed by atoms with E-state index in [1.54, 1.807) is 11.1 Å². The number of hydrogen-bond donors (Lipinski definition) is 2. The van der Waals surface area contributed by atoms with E-state index in [1.807, 2.05) is 48.1 Å². The van der Waals surface area contributed by atoms with Gasteiger partial charge in [-0.25, -0.2) is 4.79 Å². The van der Waals surface area contributed by atoms with Crippen molar-refractivity contribution in [2.24, 2.45) is 0 Å².